The number of fused-ring (bicyclic) bond motifs is 1. The van der Waals surface area contributed by atoms with Gasteiger partial charge in [-0.2, -0.15) is 0 Å². The summed E-state index contributed by atoms with van der Waals surface area (Å²) in [5, 5.41) is 0.729. The molecule has 0 radical (unpaired) electrons. The van der Waals surface area contributed by atoms with Gasteiger partial charge in [0.2, 0.25) is 0 Å². The molecule has 4 heteroatoms. The van der Waals surface area contributed by atoms with Crippen molar-refractivity contribution in [3.8, 4) is 11.3 Å². The Balaban J connectivity index is 2.31. The highest BCUT2D eigenvalue weighted by Gasteiger charge is 2.19. The van der Waals surface area contributed by atoms with E-state index in [1.165, 1.54) is 0 Å². The number of pyridine rings is 1. The first kappa shape index (κ1) is 14.1. The highest BCUT2D eigenvalue weighted by atomic mass is 35.5. The molecule has 1 unspecified atom stereocenters. The molecule has 3 nitrogen and oxygen atoms in total. The van der Waals surface area contributed by atoms with Crippen LogP contribution in [0, 0.1) is 6.92 Å². The number of benzene rings is 1. The van der Waals surface area contributed by atoms with Crippen LogP contribution in [0.15, 0.2) is 42.5 Å². The van der Waals surface area contributed by atoms with E-state index in [1.54, 1.807) is 0 Å². The zero-order valence-electron chi connectivity index (χ0n) is 12.2. The smallest absolute Gasteiger partial charge is 0.137 e. The van der Waals surface area contributed by atoms with E-state index in [2.05, 4.69) is 24.3 Å². The summed E-state index contributed by atoms with van der Waals surface area (Å²) in [5.41, 5.74) is 11.2. The number of nitrogens with zero attached hydrogens (tertiary/aromatic N) is 2. The SMILES string of the molecule is Cc1cccc2nc(-c3ccc(Cl)cc3)c(C(C)CN)n12. The van der Waals surface area contributed by atoms with E-state index < -0.39 is 0 Å². The van der Waals surface area contributed by atoms with Gasteiger partial charge in [0.15, 0.2) is 0 Å². The van der Waals surface area contributed by atoms with Crippen molar-refractivity contribution < 1.29 is 0 Å². The fourth-order valence-corrected chi connectivity index (χ4v) is 2.79. The van der Waals surface area contributed by atoms with Crippen molar-refractivity contribution in [2.75, 3.05) is 6.54 Å². The second-order valence-corrected chi connectivity index (χ2v) is 5.79. The molecule has 21 heavy (non-hydrogen) atoms. The maximum atomic E-state index is 5.99. The quantitative estimate of drug-likeness (QED) is 0.793. The minimum absolute atomic E-state index is 0.228. The molecule has 0 saturated carbocycles. The monoisotopic (exact) mass is 299 g/mol. The predicted molar refractivity (Wildman–Crippen MR) is 87.8 cm³/mol. The summed E-state index contributed by atoms with van der Waals surface area (Å²) in [7, 11) is 0. The number of halogens is 1. The van der Waals surface area contributed by atoms with Gasteiger partial charge in [-0.1, -0.05) is 36.7 Å². The second kappa shape index (κ2) is 5.51. The Hall–Kier alpha value is -1.84. The van der Waals surface area contributed by atoms with Crippen LogP contribution in [-0.4, -0.2) is 15.9 Å². The molecule has 0 aliphatic carbocycles. The van der Waals surface area contributed by atoms with Crippen molar-refractivity contribution in [3.05, 3.63) is 58.9 Å². The summed E-state index contributed by atoms with van der Waals surface area (Å²) in [6.07, 6.45) is 0. The Morgan fingerprint density at radius 3 is 2.57 bits per heavy atom. The van der Waals surface area contributed by atoms with Crippen LogP contribution in [0.3, 0.4) is 0 Å². The molecule has 108 valence electrons. The maximum absolute atomic E-state index is 5.99. The predicted octanol–water partition coefficient (Wildman–Crippen LogP) is 4.03. The lowest BCUT2D eigenvalue weighted by Crippen LogP contribution is -2.12. The van der Waals surface area contributed by atoms with Crippen LogP contribution in [0.4, 0.5) is 0 Å². The van der Waals surface area contributed by atoms with Crippen LogP contribution in [-0.2, 0) is 0 Å². The number of hydrogen-bond donors (Lipinski definition) is 1. The number of hydrogen-bond acceptors (Lipinski definition) is 2. The van der Waals surface area contributed by atoms with Crippen molar-refractivity contribution in [3.63, 3.8) is 0 Å². The van der Waals surface area contributed by atoms with E-state index in [0.717, 1.165) is 33.3 Å². The van der Waals surface area contributed by atoms with E-state index >= 15 is 0 Å². The third kappa shape index (κ3) is 2.43. The molecule has 0 amide bonds. The third-order valence-corrected chi connectivity index (χ3v) is 4.06. The van der Waals surface area contributed by atoms with E-state index in [-0.39, 0.29) is 5.92 Å². The summed E-state index contributed by atoms with van der Waals surface area (Å²) < 4.78 is 2.20. The molecule has 1 aromatic carbocycles. The lowest BCUT2D eigenvalue weighted by molar-refractivity contribution is 0.733. The standard InChI is InChI=1S/C17H18ClN3/c1-11(10-19)17-16(13-6-8-14(18)9-7-13)20-15-5-3-4-12(2)21(15)17/h3-9,11H,10,19H2,1-2H3. The molecule has 2 N–H and O–H groups in total. The molecule has 2 aromatic heterocycles. The molecule has 0 aliphatic rings. The van der Waals surface area contributed by atoms with Crippen molar-refractivity contribution in [2.45, 2.75) is 19.8 Å². The van der Waals surface area contributed by atoms with Gasteiger partial charge in [-0.05, 0) is 31.2 Å². The van der Waals surface area contributed by atoms with Crippen molar-refractivity contribution >= 4 is 17.2 Å². The average Bonchev–Trinajstić information content (AvgIpc) is 2.88. The zero-order chi connectivity index (χ0) is 15.0. The van der Waals surface area contributed by atoms with Crippen molar-refractivity contribution in [1.29, 1.82) is 0 Å². The highest BCUT2D eigenvalue weighted by Crippen LogP contribution is 2.31. The molecule has 0 bridgehead atoms. The minimum Gasteiger partial charge on any atom is -0.330 e. The van der Waals surface area contributed by atoms with Gasteiger partial charge in [-0.3, -0.25) is 0 Å². The average molecular weight is 300 g/mol. The molecule has 0 spiro atoms. The first-order valence-corrected chi connectivity index (χ1v) is 7.43. The van der Waals surface area contributed by atoms with Gasteiger partial charge in [-0.15, -0.1) is 0 Å². The Bertz CT molecular complexity index is 775. The number of imidazole rings is 1. The Kier molecular flexibility index (Phi) is 3.70. The molecular formula is C17H18ClN3. The largest absolute Gasteiger partial charge is 0.330 e. The molecule has 1 atom stereocenters. The summed E-state index contributed by atoms with van der Waals surface area (Å²) in [6, 6.07) is 13.9. The second-order valence-electron chi connectivity index (χ2n) is 5.35. The number of aryl methyl sites for hydroxylation is 1. The van der Waals surface area contributed by atoms with Crippen LogP contribution in [0.2, 0.25) is 5.02 Å². The Labute approximate surface area is 129 Å². The van der Waals surface area contributed by atoms with Crippen LogP contribution in [0.25, 0.3) is 16.9 Å². The Morgan fingerprint density at radius 1 is 1.19 bits per heavy atom. The van der Waals surface area contributed by atoms with Gasteiger partial charge in [0.1, 0.15) is 5.65 Å². The van der Waals surface area contributed by atoms with Gasteiger partial charge in [-0.25, -0.2) is 4.98 Å². The molecule has 2 heterocycles. The molecule has 3 rings (SSSR count). The number of nitrogens with two attached hydrogens (primary N) is 1. The van der Waals surface area contributed by atoms with Crippen LogP contribution in [0.1, 0.15) is 24.2 Å². The lowest BCUT2D eigenvalue weighted by Gasteiger charge is -2.13. The summed E-state index contributed by atoms with van der Waals surface area (Å²) >= 11 is 5.99. The summed E-state index contributed by atoms with van der Waals surface area (Å²) in [5.74, 6) is 0.228. The summed E-state index contributed by atoms with van der Waals surface area (Å²) in [4.78, 5) is 4.81. The van der Waals surface area contributed by atoms with Crippen molar-refractivity contribution in [2.24, 2.45) is 5.73 Å². The summed E-state index contributed by atoms with van der Waals surface area (Å²) in [6.45, 7) is 4.81. The van der Waals surface area contributed by atoms with E-state index in [4.69, 9.17) is 22.3 Å². The van der Waals surface area contributed by atoms with Gasteiger partial charge < -0.3 is 10.1 Å². The van der Waals surface area contributed by atoms with Crippen molar-refractivity contribution in [1.82, 2.24) is 9.38 Å². The zero-order valence-corrected chi connectivity index (χ0v) is 12.9. The minimum atomic E-state index is 0.228. The first-order chi connectivity index (χ1) is 10.1. The van der Waals surface area contributed by atoms with E-state index in [1.807, 2.05) is 36.4 Å². The highest BCUT2D eigenvalue weighted by molar-refractivity contribution is 6.30. The van der Waals surface area contributed by atoms with E-state index in [9.17, 15) is 0 Å². The number of aromatic nitrogens is 2. The van der Waals surface area contributed by atoms with Gasteiger partial charge in [0.25, 0.3) is 0 Å². The van der Waals surface area contributed by atoms with Gasteiger partial charge in [0.05, 0.1) is 11.4 Å². The molecule has 0 fully saturated rings. The normalized spacial score (nSPS) is 12.8. The fourth-order valence-electron chi connectivity index (χ4n) is 2.67. The first-order valence-electron chi connectivity index (χ1n) is 7.05. The molecule has 3 aromatic rings. The van der Waals surface area contributed by atoms with Crippen LogP contribution in [0.5, 0.6) is 0 Å². The lowest BCUT2D eigenvalue weighted by atomic mass is 10.0. The maximum Gasteiger partial charge on any atom is 0.137 e. The number of rotatable bonds is 3. The topological polar surface area (TPSA) is 43.3 Å². The van der Waals surface area contributed by atoms with E-state index in [0.29, 0.717) is 6.54 Å². The molecular weight excluding hydrogens is 282 g/mol. The molecule has 0 saturated heterocycles. The Morgan fingerprint density at radius 2 is 1.90 bits per heavy atom. The van der Waals surface area contributed by atoms with Gasteiger partial charge in [0, 0.05) is 28.7 Å². The van der Waals surface area contributed by atoms with Crippen LogP contribution >= 0.6 is 11.6 Å². The molecule has 0 aliphatic heterocycles. The van der Waals surface area contributed by atoms with Crippen LogP contribution < -0.4 is 5.73 Å². The van der Waals surface area contributed by atoms with Gasteiger partial charge >= 0.3 is 0 Å². The fraction of sp³-hybridized carbons (Fsp3) is 0.235. The third-order valence-electron chi connectivity index (χ3n) is 3.81.